The summed E-state index contributed by atoms with van der Waals surface area (Å²) in [5.74, 6) is 0.696. The summed E-state index contributed by atoms with van der Waals surface area (Å²) in [6.07, 6.45) is 2.78. The van der Waals surface area contributed by atoms with Crippen LogP contribution < -0.4 is 0 Å². The highest BCUT2D eigenvalue weighted by Gasteiger charge is 2.38. The second-order valence-electron chi connectivity index (χ2n) is 5.27. The molecule has 3 heterocycles. The number of carbonyl (C=O) groups excluding carboxylic acids is 1. The van der Waals surface area contributed by atoms with Gasteiger partial charge in [0.05, 0.1) is 17.2 Å². The van der Waals surface area contributed by atoms with Gasteiger partial charge in [-0.05, 0) is 32.6 Å². The Kier molecular flexibility index (Phi) is 3.11. The van der Waals surface area contributed by atoms with Crippen LogP contribution in [0.15, 0.2) is 5.38 Å². The molecule has 2 fully saturated rings. The van der Waals surface area contributed by atoms with Crippen molar-refractivity contribution in [3.63, 3.8) is 0 Å². The smallest absolute Gasteiger partial charge is 0.273 e. The number of aromatic nitrogens is 1. The van der Waals surface area contributed by atoms with Crippen LogP contribution in [0.4, 0.5) is 0 Å². The van der Waals surface area contributed by atoms with Crippen molar-refractivity contribution in [1.82, 2.24) is 9.88 Å². The van der Waals surface area contributed by atoms with Gasteiger partial charge in [-0.1, -0.05) is 0 Å². The molecule has 2 aliphatic heterocycles. The molecular formula is C13H18N2O2S. The van der Waals surface area contributed by atoms with Crippen LogP contribution in [0.2, 0.25) is 0 Å². The summed E-state index contributed by atoms with van der Waals surface area (Å²) in [5, 5.41) is 2.79. The SMILES string of the molecule is Cc1nc(C(=O)N2CC[C@H]3C[C@@H](C)O[C@@H]3C2)cs1. The molecule has 0 unspecified atom stereocenters. The predicted octanol–water partition coefficient (Wildman–Crippen LogP) is 2.09. The lowest BCUT2D eigenvalue weighted by molar-refractivity contribution is 0.00140. The van der Waals surface area contributed by atoms with Gasteiger partial charge in [0.2, 0.25) is 0 Å². The summed E-state index contributed by atoms with van der Waals surface area (Å²) < 4.78 is 5.87. The first kappa shape index (κ1) is 12.1. The van der Waals surface area contributed by atoms with E-state index in [0.717, 1.165) is 30.9 Å². The number of amides is 1. The molecule has 1 aromatic heterocycles. The molecule has 98 valence electrons. The van der Waals surface area contributed by atoms with Crippen molar-refractivity contribution in [3.05, 3.63) is 16.1 Å². The number of thiazole rings is 1. The normalized spacial score (nSPS) is 31.4. The molecule has 0 spiro atoms. The molecule has 0 radical (unpaired) electrons. The van der Waals surface area contributed by atoms with Crippen LogP contribution in [-0.4, -0.2) is 41.1 Å². The Morgan fingerprint density at radius 2 is 2.44 bits per heavy atom. The molecule has 0 N–H and O–H groups in total. The molecular weight excluding hydrogens is 248 g/mol. The third kappa shape index (κ3) is 2.17. The molecule has 4 nitrogen and oxygen atoms in total. The first-order valence-corrected chi connectivity index (χ1v) is 7.38. The van der Waals surface area contributed by atoms with Gasteiger partial charge in [-0.3, -0.25) is 4.79 Å². The Morgan fingerprint density at radius 1 is 1.61 bits per heavy atom. The highest BCUT2D eigenvalue weighted by molar-refractivity contribution is 7.09. The van der Waals surface area contributed by atoms with Crippen molar-refractivity contribution in [2.24, 2.45) is 5.92 Å². The minimum Gasteiger partial charge on any atom is -0.373 e. The molecule has 0 aromatic carbocycles. The Bertz CT molecular complexity index is 460. The van der Waals surface area contributed by atoms with E-state index < -0.39 is 0 Å². The predicted molar refractivity (Wildman–Crippen MR) is 69.8 cm³/mol. The van der Waals surface area contributed by atoms with E-state index in [1.165, 1.54) is 11.3 Å². The number of ether oxygens (including phenoxy) is 1. The topological polar surface area (TPSA) is 42.4 Å². The van der Waals surface area contributed by atoms with Gasteiger partial charge in [-0.15, -0.1) is 11.3 Å². The molecule has 18 heavy (non-hydrogen) atoms. The molecule has 0 aliphatic carbocycles. The first-order valence-electron chi connectivity index (χ1n) is 6.50. The zero-order valence-corrected chi connectivity index (χ0v) is 11.6. The number of aryl methyl sites for hydroxylation is 1. The van der Waals surface area contributed by atoms with E-state index in [2.05, 4.69) is 11.9 Å². The fraction of sp³-hybridized carbons (Fsp3) is 0.692. The number of fused-ring (bicyclic) bond motifs is 1. The van der Waals surface area contributed by atoms with E-state index >= 15 is 0 Å². The molecule has 1 amide bonds. The summed E-state index contributed by atoms with van der Waals surface area (Å²) in [6.45, 7) is 5.61. The summed E-state index contributed by atoms with van der Waals surface area (Å²) in [5.41, 5.74) is 0.585. The number of rotatable bonds is 1. The largest absolute Gasteiger partial charge is 0.373 e. The second-order valence-corrected chi connectivity index (χ2v) is 6.33. The lowest BCUT2D eigenvalue weighted by Gasteiger charge is -2.33. The van der Waals surface area contributed by atoms with Gasteiger partial charge in [0.25, 0.3) is 5.91 Å². The number of hydrogen-bond donors (Lipinski definition) is 0. The number of nitrogens with zero attached hydrogens (tertiary/aromatic N) is 2. The maximum absolute atomic E-state index is 12.3. The van der Waals surface area contributed by atoms with Crippen LogP contribution >= 0.6 is 11.3 Å². The minimum absolute atomic E-state index is 0.0564. The van der Waals surface area contributed by atoms with Crippen molar-refractivity contribution >= 4 is 17.2 Å². The van der Waals surface area contributed by atoms with Gasteiger partial charge in [-0.2, -0.15) is 0 Å². The number of carbonyl (C=O) groups is 1. The zero-order chi connectivity index (χ0) is 12.7. The lowest BCUT2D eigenvalue weighted by Crippen LogP contribution is -2.45. The van der Waals surface area contributed by atoms with E-state index in [4.69, 9.17) is 4.74 Å². The summed E-state index contributed by atoms with van der Waals surface area (Å²) >= 11 is 1.53. The lowest BCUT2D eigenvalue weighted by atomic mass is 9.92. The van der Waals surface area contributed by atoms with Gasteiger partial charge in [0.15, 0.2) is 0 Å². The van der Waals surface area contributed by atoms with Crippen molar-refractivity contribution in [2.45, 2.75) is 38.9 Å². The fourth-order valence-electron chi connectivity index (χ4n) is 2.98. The van der Waals surface area contributed by atoms with Crippen molar-refractivity contribution in [1.29, 1.82) is 0 Å². The quantitative estimate of drug-likeness (QED) is 0.781. The highest BCUT2D eigenvalue weighted by atomic mass is 32.1. The first-order chi connectivity index (χ1) is 8.63. The molecule has 1 aromatic rings. The third-order valence-electron chi connectivity index (χ3n) is 3.86. The zero-order valence-electron chi connectivity index (χ0n) is 10.8. The van der Waals surface area contributed by atoms with Gasteiger partial charge in [0.1, 0.15) is 5.69 Å². The third-order valence-corrected chi connectivity index (χ3v) is 4.64. The van der Waals surface area contributed by atoms with Gasteiger partial charge in [0, 0.05) is 18.5 Å². The van der Waals surface area contributed by atoms with E-state index in [1.54, 1.807) is 0 Å². The summed E-state index contributed by atoms with van der Waals surface area (Å²) in [7, 11) is 0. The van der Waals surface area contributed by atoms with Crippen LogP contribution in [0.25, 0.3) is 0 Å². The molecule has 3 atom stereocenters. The minimum atomic E-state index is 0.0564. The number of piperidine rings is 1. The Labute approximate surface area is 111 Å². The highest BCUT2D eigenvalue weighted by Crippen LogP contribution is 2.33. The maximum atomic E-state index is 12.3. The van der Waals surface area contributed by atoms with Crippen LogP contribution in [0.1, 0.15) is 35.3 Å². The van der Waals surface area contributed by atoms with Gasteiger partial charge in [-0.25, -0.2) is 4.98 Å². The molecule has 2 saturated heterocycles. The summed E-state index contributed by atoms with van der Waals surface area (Å²) in [4.78, 5) is 18.5. The molecule has 0 saturated carbocycles. The van der Waals surface area contributed by atoms with Crippen LogP contribution in [-0.2, 0) is 4.74 Å². The van der Waals surface area contributed by atoms with Crippen molar-refractivity contribution in [3.8, 4) is 0 Å². The van der Waals surface area contributed by atoms with Crippen LogP contribution in [0.3, 0.4) is 0 Å². The Morgan fingerprint density at radius 3 is 3.17 bits per heavy atom. The molecule has 2 aliphatic rings. The number of likely N-dealkylation sites (tertiary alicyclic amines) is 1. The van der Waals surface area contributed by atoms with Crippen molar-refractivity contribution in [2.75, 3.05) is 13.1 Å². The molecule has 0 bridgehead atoms. The van der Waals surface area contributed by atoms with Crippen LogP contribution in [0.5, 0.6) is 0 Å². The number of hydrogen-bond acceptors (Lipinski definition) is 4. The van der Waals surface area contributed by atoms with E-state index in [0.29, 0.717) is 17.7 Å². The second kappa shape index (κ2) is 4.63. The average molecular weight is 266 g/mol. The standard InChI is InChI=1S/C13H18N2O2S/c1-8-5-10-3-4-15(6-12(10)17-8)13(16)11-7-18-9(2)14-11/h7-8,10,12H,3-6H2,1-2H3/t8-,10+,12-/m1/s1. The maximum Gasteiger partial charge on any atom is 0.273 e. The van der Waals surface area contributed by atoms with Gasteiger partial charge >= 0.3 is 0 Å². The van der Waals surface area contributed by atoms with E-state index in [1.807, 2.05) is 17.2 Å². The fourth-order valence-corrected chi connectivity index (χ4v) is 3.56. The monoisotopic (exact) mass is 266 g/mol. The van der Waals surface area contributed by atoms with E-state index in [9.17, 15) is 4.79 Å². The summed E-state index contributed by atoms with van der Waals surface area (Å²) in [6, 6.07) is 0. The van der Waals surface area contributed by atoms with Crippen molar-refractivity contribution < 1.29 is 9.53 Å². The van der Waals surface area contributed by atoms with Gasteiger partial charge < -0.3 is 9.64 Å². The van der Waals surface area contributed by atoms with Crippen LogP contribution in [0, 0.1) is 12.8 Å². The molecule has 3 rings (SSSR count). The average Bonchev–Trinajstić information content (AvgIpc) is 2.92. The molecule has 5 heteroatoms. The Hall–Kier alpha value is -0.940. The van der Waals surface area contributed by atoms with E-state index in [-0.39, 0.29) is 12.0 Å². The Balaban J connectivity index is 1.69.